The van der Waals surface area contributed by atoms with Crippen molar-refractivity contribution >= 4 is 29.0 Å². The number of Topliss-reactive ketones (excluding diaryl/α,β-unsaturated/α-hetero) is 1. The van der Waals surface area contributed by atoms with Crippen molar-refractivity contribution in [2.24, 2.45) is 5.41 Å². The molecule has 0 N–H and O–H groups in total. The summed E-state index contributed by atoms with van der Waals surface area (Å²) in [7, 11) is 0. The average molecular weight is 383 g/mol. The lowest BCUT2D eigenvalue weighted by molar-refractivity contribution is -0.384. The molecule has 1 aliphatic rings. The Labute approximate surface area is 159 Å². The molecule has 0 aliphatic heterocycles. The first-order valence-corrected chi connectivity index (χ1v) is 9.45. The van der Waals surface area contributed by atoms with Crippen LogP contribution >= 0.6 is 11.8 Å². The molecule has 0 saturated heterocycles. The van der Waals surface area contributed by atoms with E-state index in [1.807, 2.05) is 6.07 Å². The van der Waals surface area contributed by atoms with Crippen LogP contribution in [0.25, 0.3) is 5.78 Å². The van der Waals surface area contributed by atoms with Crippen LogP contribution in [0.1, 0.15) is 41.9 Å². The van der Waals surface area contributed by atoms with E-state index in [0.29, 0.717) is 28.7 Å². The second-order valence-corrected chi connectivity index (χ2v) is 8.32. The van der Waals surface area contributed by atoms with Crippen LogP contribution in [0.2, 0.25) is 0 Å². The molecule has 0 saturated carbocycles. The van der Waals surface area contributed by atoms with E-state index in [0.717, 1.165) is 17.7 Å². The van der Waals surface area contributed by atoms with Crippen molar-refractivity contribution in [3.05, 3.63) is 57.4 Å². The van der Waals surface area contributed by atoms with E-state index in [-0.39, 0.29) is 16.9 Å². The van der Waals surface area contributed by atoms with Crippen molar-refractivity contribution in [1.82, 2.24) is 19.6 Å². The zero-order chi connectivity index (χ0) is 19.2. The van der Waals surface area contributed by atoms with Gasteiger partial charge in [0.2, 0.25) is 5.16 Å². The second-order valence-electron chi connectivity index (χ2n) is 7.38. The fourth-order valence-corrected chi connectivity index (χ4v) is 4.04. The number of hydrogen-bond acceptors (Lipinski definition) is 7. The number of nitro benzene ring substituents is 1. The molecule has 1 aromatic carbocycles. The highest BCUT2D eigenvalue weighted by atomic mass is 32.2. The third-order valence-electron chi connectivity index (χ3n) is 4.52. The Hall–Kier alpha value is -2.81. The van der Waals surface area contributed by atoms with Crippen molar-refractivity contribution in [2.75, 3.05) is 0 Å². The number of nitro groups is 1. The summed E-state index contributed by atoms with van der Waals surface area (Å²) in [5.41, 5.74) is 2.21. The number of carbonyl (C=O) groups excluding carboxylic acids is 1. The molecule has 0 radical (unpaired) electrons. The van der Waals surface area contributed by atoms with E-state index in [4.69, 9.17) is 0 Å². The number of ketones is 1. The van der Waals surface area contributed by atoms with Crippen molar-refractivity contribution < 1.29 is 9.72 Å². The van der Waals surface area contributed by atoms with Gasteiger partial charge in [0.15, 0.2) is 5.78 Å². The summed E-state index contributed by atoms with van der Waals surface area (Å²) in [6, 6.07) is 6.50. The van der Waals surface area contributed by atoms with Gasteiger partial charge in [-0.25, -0.2) is 4.98 Å². The lowest BCUT2D eigenvalue weighted by Gasteiger charge is -2.29. The van der Waals surface area contributed by atoms with E-state index in [9.17, 15) is 14.9 Å². The van der Waals surface area contributed by atoms with Crippen LogP contribution in [0, 0.1) is 15.5 Å². The van der Waals surface area contributed by atoms with E-state index in [1.165, 1.54) is 17.8 Å². The maximum absolute atomic E-state index is 12.4. The van der Waals surface area contributed by atoms with Crippen LogP contribution in [0.15, 0.2) is 35.6 Å². The second kappa shape index (κ2) is 6.41. The van der Waals surface area contributed by atoms with E-state index in [2.05, 4.69) is 28.9 Å². The quantitative estimate of drug-likeness (QED) is 0.386. The fraction of sp³-hybridized carbons (Fsp3) is 0.333. The summed E-state index contributed by atoms with van der Waals surface area (Å²) in [5.74, 6) is 1.04. The molecule has 0 spiro atoms. The first kappa shape index (κ1) is 17.6. The molecule has 0 atom stereocenters. The molecule has 3 aromatic rings. The number of aromatic nitrogens is 4. The average Bonchev–Trinajstić information content (AvgIpc) is 3.03. The van der Waals surface area contributed by atoms with Gasteiger partial charge in [-0.05, 0) is 17.4 Å². The molecule has 2 aromatic heterocycles. The first-order valence-electron chi connectivity index (χ1n) is 8.46. The predicted molar refractivity (Wildman–Crippen MR) is 99.9 cm³/mol. The van der Waals surface area contributed by atoms with Gasteiger partial charge in [-0.3, -0.25) is 14.9 Å². The van der Waals surface area contributed by atoms with Crippen molar-refractivity contribution in [3.8, 4) is 0 Å². The number of carbonyl (C=O) groups is 1. The molecule has 2 heterocycles. The minimum absolute atomic E-state index is 0.0625. The Morgan fingerprint density at radius 3 is 2.93 bits per heavy atom. The van der Waals surface area contributed by atoms with Gasteiger partial charge in [0.05, 0.1) is 16.2 Å². The summed E-state index contributed by atoms with van der Waals surface area (Å²) in [6.45, 7) is 4.13. The number of nitrogens with zero attached hydrogens (tertiary/aromatic N) is 5. The van der Waals surface area contributed by atoms with Crippen LogP contribution < -0.4 is 0 Å². The Balaban J connectivity index is 1.62. The lowest BCUT2D eigenvalue weighted by atomic mass is 9.76. The van der Waals surface area contributed by atoms with Gasteiger partial charge >= 0.3 is 0 Å². The van der Waals surface area contributed by atoms with E-state index >= 15 is 0 Å². The Bertz CT molecular complexity index is 1080. The standard InChI is InChI=1S/C18H17N5O3S/c1-18(2)7-14-13(15(24)8-18)9-19-16-20-17(21-22(14)16)27-10-11-4-3-5-12(6-11)23(25)26/h3-6,9H,7-8,10H2,1-2H3. The van der Waals surface area contributed by atoms with Crippen LogP contribution in [0.3, 0.4) is 0 Å². The van der Waals surface area contributed by atoms with Crippen LogP contribution in [-0.4, -0.2) is 30.3 Å². The number of rotatable bonds is 4. The molecular formula is C18H17N5O3S. The van der Waals surface area contributed by atoms with Crippen LogP contribution in [0.5, 0.6) is 0 Å². The monoisotopic (exact) mass is 383 g/mol. The Kier molecular flexibility index (Phi) is 4.18. The van der Waals surface area contributed by atoms with Gasteiger partial charge in [0.1, 0.15) is 0 Å². The molecule has 4 rings (SSSR count). The van der Waals surface area contributed by atoms with Crippen molar-refractivity contribution in [3.63, 3.8) is 0 Å². The van der Waals surface area contributed by atoms with Gasteiger partial charge in [-0.2, -0.15) is 9.50 Å². The number of benzene rings is 1. The van der Waals surface area contributed by atoms with Gasteiger partial charge < -0.3 is 0 Å². The first-order chi connectivity index (χ1) is 12.8. The Morgan fingerprint density at radius 2 is 2.15 bits per heavy atom. The highest BCUT2D eigenvalue weighted by Gasteiger charge is 2.33. The molecule has 0 unspecified atom stereocenters. The molecule has 8 nitrogen and oxygen atoms in total. The summed E-state index contributed by atoms with van der Waals surface area (Å²) < 4.78 is 1.66. The van der Waals surface area contributed by atoms with E-state index < -0.39 is 4.92 Å². The minimum Gasteiger partial charge on any atom is -0.294 e. The smallest absolute Gasteiger partial charge is 0.269 e. The third kappa shape index (κ3) is 3.42. The Morgan fingerprint density at radius 1 is 1.33 bits per heavy atom. The number of fused-ring (bicyclic) bond motifs is 3. The zero-order valence-electron chi connectivity index (χ0n) is 14.9. The van der Waals surface area contributed by atoms with Gasteiger partial charge in [-0.15, -0.1) is 5.10 Å². The molecule has 9 heteroatoms. The normalized spacial score (nSPS) is 15.7. The third-order valence-corrected chi connectivity index (χ3v) is 5.43. The van der Waals surface area contributed by atoms with Crippen molar-refractivity contribution in [1.29, 1.82) is 0 Å². The molecule has 0 fully saturated rings. The number of hydrogen-bond donors (Lipinski definition) is 0. The van der Waals surface area contributed by atoms with Crippen LogP contribution in [-0.2, 0) is 12.2 Å². The summed E-state index contributed by atoms with van der Waals surface area (Å²) >= 11 is 1.38. The summed E-state index contributed by atoms with van der Waals surface area (Å²) in [4.78, 5) is 31.6. The molecule has 27 heavy (non-hydrogen) atoms. The van der Waals surface area contributed by atoms with Gasteiger partial charge in [0.25, 0.3) is 11.5 Å². The van der Waals surface area contributed by atoms with Gasteiger partial charge in [0, 0.05) is 30.5 Å². The maximum atomic E-state index is 12.4. The fourth-order valence-electron chi connectivity index (χ4n) is 3.28. The summed E-state index contributed by atoms with van der Waals surface area (Å²) in [6.07, 6.45) is 2.81. The van der Waals surface area contributed by atoms with Crippen molar-refractivity contribution in [2.45, 2.75) is 37.6 Å². The topological polar surface area (TPSA) is 103 Å². The molecule has 0 amide bonds. The predicted octanol–water partition coefficient (Wildman–Crippen LogP) is 3.48. The van der Waals surface area contributed by atoms with Crippen LogP contribution in [0.4, 0.5) is 5.69 Å². The highest BCUT2D eigenvalue weighted by molar-refractivity contribution is 7.98. The van der Waals surface area contributed by atoms with E-state index in [1.54, 1.807) is 22.8 Å². The summed E-state index contributed by atoms with van der Waals surface area (Å²) in [5, 5.41) is 15.9. The number of non-ortho nitro benzene ring substituents is 1. The lowest BCUT2D eigenvalue weighted by Crippen LogP contribution is -2.29. The minimum atomic E-state index is -0.410. The molecule has 1 aliphatic carbocycles. The van der Waals surface area contributed by atoms with Gasteiger partial charge in [-0.1, -0.05) is 37.7 Å². The highest BCUT2D eigenvalue weighted by Crippen LogP contribution is 2.34. The zero-order valence-corrected chi connectivity index (χ0v) is 15.7. The number of thioether (sulfide) groups is 1. The molecule has 138 valence electrons. The SMILES string of the molecule is CC1(C)CC(=O)c2cnc3nc(SCc4cccc([N+](=O)[O-])c4)nn3c2C1. The maximum Gasteiger partial charge on any atom is 0.269 e. The molecule has 0 bridgehead atoms. The largest absolute Gasteiger partial charge is 0.294 e. The molecular weight excluding hydrogens is 366 g/mol.